The Morgan fingerprint density at radius 3 is 2.32 bits per heavy atom. The number of carbonyl (C=O) groups is 1. The Hall–Kier alpha value is -1.88. The molecule has 0 aliphatic rings. The third-order valence-electron chi connectivity index (χ3n) is 3.30. The van der Waals surface area contributed by atoms with Crippen LogP contribution < -0.4 is 5.32 Å². The number of hydrogen-bond donors (Lipinski definition) is 1. The molecule has 0 saturated carbocycles. The number of anilines is 1. The molecule has 1 unspecified atom stereocenters. The quantitative estimate of drug-likeness (QED) is 0.827. The Balaban J connectivity index is 2.07. The summed E-state index contributed by atoms with van der Waals surface area (Å²) in [6.07, 6.45) is 0. The summed E-state index contributed by atoms with van der Waals surface area (Å²) in [6.45, 7) is 5.58. The van der Waals surface area contributed by atoms with Crippen molar-refractivity contribution in [2.24, 2.45) is 0 Å². The average Bonchev–Trinajstić information content (AvgIpc) is 2.46. The Kier molecular flexibility index (Phi) is 5.19. The molecule has 5 heteroatoms. The van der Waals surface area contributed by atoms with E-state index in [9.17, 15) is 13.6 Å². The molecule has 2 aromatic rings. The van der Waals surface area contributed by atoms with Crippen molar-refractivity contribution >= 4 is 23.4 Å². The van der Waals surface area contributed by atoms with Crippen molar-refractivity contribution in [3.05, 3.63) is 59.2 Å². The lowest BCUT2D eigenvalue weighted by molar-refractivity contribution is -0.115. The summed E-state index contributed by atoms with van der Waals surface area (Å²) in [5.74, 6) is -1.98. The van der Waals surface area contributed by atoms with Crippen LogP contribution >= 0.6 is 11.8 Å². The van der Waals surface area contributed by atoms with E-state index in [0.29, 0.717) is 4.90 Å². The molecule has 0 radical (unpaired) electrons. The molecule has 0 aromatic heterocycles. The highest BCUT2D eigenvalue weighted by atomic mass is 32.2. The predicted octanol–water partition coefficient (Wildman–Crippen LogP) is 4.70. The minimum absolute atomic E-state index is 0.174. The van der Waals surface area contributed by atoms with E-state index in [0.717, 1.165) is 28.9 Å². The second-order valence-electron chi connectivity index (χ2n) is 5.09. The van der Waals surface area contributed by atoms with Gasteiger partial charge in [-0.1, -0.05) is 18.2 Å². The van der Waals surface area contributed by atoms with Gasteiger partial charge in [-0.05, 0) is 50.1 Å². The van der Waals surface area contributed by atoms with Gasteiger partial charge in [-0.2, -0.15) is 0 Å². The van der Waals surface area contributed by atoms with Gasteiger partial charge >= 0.3 is 0 Å². The molecule has 1 N–H and O–H groups in total. The Morgan fingerprint density at radius 1 is 1.09 bits per heavy atom. The van der Waals surface area contributed by atoms with Crippen molar-refractivity contribution in [2.75, 3.05) is 5.32 Å². The Bertz CT molecular complexity index is 683. The summed E-state index contributed by atoms with van der Waals surface area (Å²) in [5.41, 5.74) is 2.77. The SMILES string of the molecule is Cc1cccc(C)c1NC(=O)C(C)Sc1ccc(F)c(F)c1. The van der Waals surface area contributed by atoms with Crippen molar-refractivity contribution < 1.29 is 13.6 Å². The van der Waals surface area contributed by atoms with Crippen LogP contribution in [0.25, 0.3) is 0 Å². The first-order valence-electron chi connectivity index (χ1n) is 6.87. The number of aryl methyl sites for hydroxylation is 2. The molecule has 0 aliphatic carbocycles. The molecular formula is C17H17F2NOS. The molecule has 1 amide bonds. The molecule has 2 rings (SSSR count). The maximum atomic E-state index is 13.2. The Labute approximate surface area is 132 Å². The third kappa shape index (κ3) is 3.85. The van der Waals surface area contributed by atoms with E-state index in [1.165, 1.54) is 17.8 Å². The summed E-state index contributed by atoms with van der Waals surface area (Å²) >= 11 is 1.19. The summed E-state index contributed by atoms with van der Waals surface area (Å²) < 4.78 is 26.1. The summed E-state index contributed by atoms with van der Waals surface area (Å²) in [4.78, 5) is 12.8. The fourth-order valence-electron chi connectivity index (χ4n) is 2.04. The first kappa shape index (κ1) is 16.5. The van der Waals surface area contributed by atoms with E-state index in [4.69, 9.17) is 0 Å². The molecule has 0 bridgehead atoms. The van der Waals surface area contributed by atoms with Gasteiger partial charge in [0.15, 0.2) is 11.6 Å². The van der Waals surface area contributed by atoms with Crippen molar-refractivity contribution in [1.82, 2.24) is 0 Å². The molecule has 2 nitrogen and oxygen atoms in total. The number of benzene rings is 2. The Morgan fingerprint density at radius 2 is 1.73 bits per heavy atom. The van der Waals surface area contributed by atoms with Gasteiger partial charge < -0.3 is 5.32 Å². The lowest BCUT2D eigenvalue weighted by Crippen LogP contribution is -2.23. The molecule has 0 spiro atoms. The normalized spacial score (nSPS) is 12.0. The summed E-state index contributed by atoms with van der Waals surface area (Å²) in [5, 5.41) is 2.47. The van der Waals surface area contributed by atoms with Crippen molar-refractivity contribution in [3.63, 3.8) is 0 Å². The number of thioether (sulfide) groups is 1. The van der Waals surface area contributed by atoms with Crippen LogP contribution in [0.15, 0.2) is 41.3 Å². The van der Waals surface area contributed by atoms with Crippen LogP contribution in [0.2, 0.25) is 0 Å². The van der Waals surface area contributed by atoms with Gasteiger partial charge in [0.2, 0.25) is 5.91 Å². The molecule has 0 heterocycles. The molecule has 0 aliphatic heterocycles. The molecule has 0 saturated heterocycles. The van der Waals surface area contributed by atoms with Crippen molar-refractivity contribution in [1.29, 1.82) is 0 Å². The number of nitrogens with one attached hydrogen (secondary N) is 1. The molecule has 1 atom stereocenters. The van der Waals surface area contributed by atoms with Crippen LogP contribution in [-0.2, 0) is 4.79 Å². The number of para-hydroxylation sites is 1. The topological polar surface area (TPSA) is 29.1 Å². The van der Waals surface area contributed by atoms with E-state index < -0.39 is 16.9 Å². The zero-order valence-corrected chi connectivity index (χ0v) is 13.4. The smallest absolute Gasteiger partial charge is 0.237 e. The number of halogens is 2. The van der Waals surface area contributed by atoms with Gasteiger partial charge in [-0.15, -0.1) is 11.8 Å². The molecule has 116 valence electrons. The highest BCUT2D eigenvalue weighted by Crippen LogP contribution is 2.27. The van der Waals surface area contributed by atoms with Crippen LogP contribution in [-0.4, -0.2) is 11.2 Å². The zero-order chi connectivity index (χ0) is 16.3. The van der Waals surface area contributed by atoms with Crippen LogP contribution in [0.3, 0.4) is 0 Å². The van der Waals surface area contributed by atoms with Crippen LogP contribution in [0.5, 0.6) is 0 Å². The monoisotopic (exact) mass is 321 g/mol. The fourth-order valence-corrected chi connectivity index (χ4v) is 2.94. The predicted molar refractivity (Wildman–Crippen MR) is 86.2 cm³/mol. The average molecular weight is 321 g/mol. The second-order valence-corrected chi connectivity index (χ2v) is 6.51. The maximum Gasteiger partial charge on any atom is 0.237 e. The van der Waals surface area contributed by atoms with Gasteiger partial charge in [-0.3, -0.25) is 4.79 Å². The molecule has 22 heavy (non-hydrogen) atoms. The lowest BCUT2D eigenvalue weighted by Gasteiger charge is -2.15. The van der Waals surface area contributed by atoms with E-state index in [1.807, 2.05) is 32.0 Å². The van der Waals surface area contributed by atoms with E-state index in [1.54, 1.807) is 6.92 Å². The largest absolute Gasteiger partial charge is 0.325 e. The summed E-state index contributed by atoms with van der Waals surface area (Å²) in [7, 11) is 0. The highest BCUT2D eigenvalue weighted by Gasteiger charge is 2.17. The van der Waals surface area contributed by atoms with Crippen molar-refractivity contribution in [2.45, 2.75) is 30.9 Å². The molecule has 0 fully saturated rings. The number of rotatable bonds is 4. The lowest BCUT2D eigenvalue weighted by atomic mass is 10.1. The van der Waals surface area contributed by atoms with Gasteiger partial charge in [0.05, 0.1) is 5.25 Å². The van der Waals surface area contributed by atoms with Crippen LogP contribution in [0, 0.1) is 25.5 Å². The number of carbonyl (C=O) groups excluding carboxylic acids is 1. The van der Waals surface area contributed by atoms with Gasteiger partial charge in [0.1, 0.15) is 0 Å². The maximum absolute atomic E-state index is 13.2. The third-order valence-corrected chi connectivity index (χ3v) is 4.40. The van der Waals surface area contributed by atoms with E-state index in [2.05, 4.69) is 5.32 Å². The second kappa shape index (κ2) is 6.92. The van der Waals surface area contributed by atoms with Crippen LogP contribution in [0.1, 0.15) is 18.1 Å². The standard InChI is InChI=1S/C17H17F2NOS/c1-10-5-4-6-11(2)16(10)20-17(21)12(3)22-13-7-8-14(18)15(19)9-13/h4-9,12H,1-3H3,(H,20,21). The van der Waals surface area contributed by atoms with Crippen LogP contribution in [0.4, 0.5) is 14.5 Å². The highest BCUT2D eigenvalue weighted by molar-refractivity contribution is 8.00. The van der Waals surface area contributed by atoms with E-state index >= 15 is 0 Å². The van der Waals surface area contributed by atoms with Gasteiger partial charge in [0.25, 0.3) is 0 Å². The van der Waals surface area contributed by atoms with Gasteiger partial charge in [0, 0.05) is 10.6 Å². The zero-order valence-electron chi connectivity index (χ0n) is 12.6. The minimum atomic E-state index is -0.910. The first-order chi connectivity index (χ1) is 10.4. The number of hydrogen-bond acceptors (Lipinski definition) is 2. The van der Waals surface area contributed by atoms with E-state index in [-0.39, 0.29) is 5.91 Å². The first-order valence-corrected chi connectivity index (χ1v) is 7.75. The fraction of sp³-hybridized carbons (Fsp3) is 0.235. The van der Waals surface area contributed by atoms with Crippen molar-refractivity contribution in [3.8, 4) is 0 Å². The summed E-state index contributed by atoms with van der Waals surface area (Å²) in [6, 6.07) is 9.41. The molecular weight excluding hydrogens is 304 g/mol. The molecule has 2 aromatic carbocycles. The number of amides is 1. The minimum Gasteiger partial charge on any atom is -0.325 e. The van der Waals surface area contributed by atoms with Gasteiger partial charge in [-0.25, -0.2) is 8.78 Å².